The van der Waals surface area contributed by atoms with Crippen molar-refractivity contribution in [2.75, 3.05) is 32.8 Å². The summed E-state index contributed by atoms with van der Waals surface area (Å²) < 4.78 is 32.0. The molecule has 7 heteroatoms. The Labute approximate surface area is 136 Å². The van der Waals surface area contributed by atoms with Crippen molar-refractivity contribution in [3.05, 3.63) is 29.8 Å². The van der Waals surface area contributed by atoms with Crippen LogP contribution in [0.4, 0.5) is 8.78 Å². The normalized spacial score (nSPS) is 16.8. The van der Waals surface area contributed by atoms with Gasteiger partial charge in [-0.3, -0.25) is 4.90 Å². The van der Waals surface area contributed by atoms with Gasteiger partial charge in [-0.25, -0.2) is 8.78 Å². The van der Waals surface area contributed by atoms with Crippen LogP contribution in [0.2, 0.25) is 0 Å². The lowest BCUT2D eigenvalue weighted by Gasteiger charge is -2.34. The molecule has 0 spiro atoms. The highest BCUT2D eigenvalue weighted by Gasteiger charge is 2.29. The number of hydrogen-bond acceptors (Lipinski definition) is 3. The standard InChI is InChI=1S/C14H20F2N2O.2ClH/c1-2-19-12-5-3-11(4-6-12)13(14(15)16)18-9-7-17-8-10-18;;/h3-6,13-14,17H,2,7-10H2,1H3;2*1H/t13-;;/m1../s1. The maximum absolute atomic E-state index is 13.3. The van der Waals surface area contributed by atoms with Crippen LogP contribution in [0.1, 0.15) is 18.5 Å². The predicted octanol–water partition coefficient (Wildman–Crippen LogP) is 3.14. The van der Waals surface area contributed by atoms with Crippen LogP contribution in [0.3, 0.4) is 0 Å². The number of benzene rings is 1. The molecule has 1 aliphatic heterocycles. The molecule has 21 heavy (non-hydrogen) atoms. The van der Waals surface area contributed by atoms with Crippen LogP contribution in [-0.4, -0.2) is 44.1 Å². The Morgan fingerprint density at radius 2 is 1.71 bits per heavy atom. The average Bonchev–Trinajstić information content (AvgIpc) is 2.42. The summed E-state index contributed by atoms with van der Waals surface area (Å²) in [7, 11) is 0. The van der Waals surface area contributed by atoms with Crippen molar-refractivity contribution in [2.45, 2.75) is 19.4 Å². The van der Waals surface area contributed by atoms with Gasteiger partial charge >= 0.3 is 0 Å². The minimum atomic E-state index is -2.38. The van der Waals surface area contributed by atoms with E-state index >= 15 is 0 Å². The Morgan fingerprint density at radius 1 is 1.14 bits per heavy atom. The van der Waals surface area contributed by atoms with Gasteiger partial charge in [0.25, 0.3) is 6.43 Å². The van der Waals surface area contributed by atoms with Gasteiger partial charge in [-0.2, -0.15) is 0 Å². The fraction of sp³-hybridized carbons (Fsp3) is 0.571. The lowest BCUT2D eigenvalue weighted by Crippen LogP contribution is -2.46. The minimum absolute atomic E-state index is 0. The van der Waals surface area contributed by atoms with Crippen LogP contribution in [0.5, 0.6) is 5.75 Å². The highest BCUT2D eigenvalue weighted by atomic mass is 35.5. The third-order valence-corrected chi connectivity index (χ3v) is 3.32. The van der Waals surface area contributed by atoms with Crippen molar-refractivity contribution < 1.29 is 13.5 Å². The number of nitrogens with one attached hydrogen (secondary N) is 1. The molecule has 0 radical (unpaired) electrons. The molecule has 0 saturated carbocycles. The number of halogens is 4. The van der Waals surface area contributed by atoms with Crippen LogP contribution in [-0.2, 0) is 0 Å². The fourth-order valence-corrected chi connectivity index (χ4v) is 2.40. The molecule has 122 valence electrons. The van der Waals surface area contributed by atoms with Gasteiger partial charge < -0.3 is 10.1 Å². The molecule has 1 fully saturated rings. The van der Waals surface area contributed by atoms with E-state index < -0.39 is 12.5 Å². The highest BCUT2D eigenvalue weighted by Crippen LogP contribution is 2.29. The quantitative estimate of drug-likeness (QED) is 0.889. The zero-order chi connectivity index (χ0) is 13.7. The molecule has 0 unspecified atom stereocenters. The predicted molar refractivity (Wildman–Crippen MR) is 85.3 cm³/mol. The maximum atomic E-state index is 13.3. The molecule has 1 atom stereocenters. The summed E-state index contributed by atoms with van der Waals surface area (Å²) >= 11 is 0. The molecule has 0 amide bonds. The van der Waals surface area contributed by atoms with Gasteiger partial charge in [-0.1, -0.05) is 12.1 Å². The van der Waals surface area contributed by atoms with E-state index in [-0.39, 0.29) is 24.8 Å². The maximum Gasteiger partial charge on any atom is 0.258 e. The smallest absolute Gasteiger partial charge is 0.258 e. The van der Waals surface area contributed by atoms with Gasteiger partial charge in [0, 0.05) is 26.2 Å². The van der Waals surface area contributed by atoms with Gasteiger partial charge in [0.15, 0.2) is 0 Å². The number of rotatable bonds is 5. The molecule has 1 N–H and O–H groups in total. The number of hydrogen-bond donors (Lipinski definition) is 1. The summed E-state index contributed by atoms with van der Waals surface area (Å²) in [5.41, 5.74) is 0.653. The molecule has 1 saturated heterocycles. The van der Waals surface area contributed by atoms with E-state index in [9.17, 15) is 8.78 Å². The van der Waals surface area contributed by atoms with Crippen LogP contribution in [0.15, 0.2) is 24.3 Å². The minimum Gasteiger partial charge on any atom is -0.494 e. The van der Waals surface area contributed by atoms with E-state index in [0.29, 0.717) is 25.3 Å². The Balaban J connectivity index is 0.00000200. The molecule has 0 aromatic heterocycles. The van der Waals surface area contributed by atoms with Gasteiger partial charge in [-0.05, 0) is 24.6 Å². The highest BCUT2D eigenvalue weighted by molar-refractivity contribution is 5.85. The van der Waals surface area contributed by atoms with Crippen molar-refractivity contribution in [2.24, 2.45) is 0 Å². The van der Waals surface area contributed by atoms with Crippen molar-refractivity contribution >= 4 is 24.8 Å². The lowest BCUT2D eigenvalue weighted by atomic mass is 10.0. The van der Waals surface area contributed by atoms with Crippen molar-refractivity contribution in [1.29, 1.82) is 0 Å². The second-order valence-electron chi connectivity index (χ2n) is 4.57. The second kappa shape index (κ2) is 10.2. The van der Waals surface area contributed by atoms with Crippen LogP contribution < -0.4 is 10.1 Å². The number of alkyl halides is 2. The fourth-order valence-electron chi connectivity index (χ4n) is 2.40. The zero-order valence-corrected chi connectivity index (χ0v) is 13.6. The molecule has 1 heterocycles. The molecular weight excluding hydrogens is 321 g/mol. The molecule has 0 bridgehead atoms. The van der Waals surface area contributed by atoms with Gasteiger partial charge in [0.05, 0.1) is 12.6 Å². The van der Waals surface area contributed by atoms with E-state index in [4.69, 9.17) is 4.74 Å². The van der Waals surface area contributed by atoms with Crippen molar-refractivity contribution in [3.63, 3.8) is 0 Å². The second-order valence-corrected chi connectivity index (χ2v) is 4.57. The van der Waals surface area contributed by atoms with E-state index in [1.54, 1.807) is 24.3 Å². The SMILES string of the molecule is CCOc1ccc([C@H](C(F)F)N2CCNCC2)cc1.Cl.Cl. The van der Waals surface area contributed by atoms with Gasteiger partial charge in [0.2, 0.25) is 0 Å². The average molecular weight is 343 g/mol. The topological polar surface area (TPSA) is 24.5 Å². The van der Waals surface area contributed by atoms with E-state index in [2.05, 4.69) is 5.32 Å². The molecule has 0 aliphatic carbocycles. The first-order valence-corrected chi connectivity index (χ1v) is 6.68. The number of piperazine rings is 1. The first-order valence-electron chi connectivity index (χ1n) is 6.68. The number of nitrogens with zero attached hydrogens (tertiary/aromatic N) is 1. The van der Waals surface area contributed by atoms with Crippen LogP contribution in [0, 0.1) is 0 Å². The Kier molecular flexibility index (Phi) is 9.86. The largest absolute Gasteiger partial charge is 0.494 e. The third kappa shape index (κ3) is 5.58. The molecule has 1 aliphatic rings. The van der Waals surface area contributed by atoms with Crippen LogP contribution >= 0.6 is 24.8 Å². The molecular formula is C14H22Cl2F2N2O. The summed E-state index contributed by atoms with van der Waals surface area (Å²) in [5.74, 6) is 0.722. The molecule has 1 aromatic carbocycles. The van der Waals surface area contributed by atoms with Crippen molar-refractivity contribution in [3.8, 4) is 5.75 Å². The monoisotopic (exact) mass is 342 g/mol. The molecule has 2 rings (SSSR count). The summed E-state index contributed by atoms with van der Waals surface area (Å²) in [6, 6.07) is 6.18. The Hall–Kier alpha value is -0.620. The molecule has 1 aromatic rings. The molecule has 3 nitrogen and oxygen atoms in total. The summed E-state index contributed by atoms with van der Waals surface area (Å²) in [4.78, 5) is 1.84. The van der Waals surface area contributed by atoms with Gasteiger partial charge in [0.1, 0.15) is 5.75 Å². The first kappa shape index (κ1) is 20.4. The van der Waals surface area contributed by atoms with E-state index in [1.165, 1.54) is 0 Å². The zero-order valence-electron chi connectivity index (χ0n) is 11.9. The van der Waals surface area contributed by atoms with E-state index in [1.807, 2.05) is 11.8 Å². The summed E-state index contributed by atoms with van der Waals surface area (Å²) in [6.07, 6.45) is -2.38. The van der Waals surface area contributed by atoms with E-state index in [0.717, 1.165) is 18.8 Å². The van der Waals surface area contributed by atoms with Crippen LogP contribution in [0.25, 0.3) is 0 Å². The number of ether oxygens (including phenoxy) is 1. The van der Waals surface area contributed by atoms with Crippen molar-refractivity contribution in [1.82, 2.24) is 10.2 Å². The lowest BCUT2D eigenvalue weighted by molar-refractivity contribution is 0.0181. The first-order chi connectivity index (χ1) is 9.22. The Bertz CT molecular complexity index is 387. The summed E-state index contributed by atoms with van der Waals surface area (Å²) in [6.45, 7) is 5.32. The van der Waals surface area contributed by atoms with Gasteiger partial charge in [-0.15, -0.1) is 24.8 Å². The third-order valence-electron chi connectivity index (χ3n) is 3.32. The Morgan fingerprint density at radius 3 is 2.19 bits per heavy atom. The summed E-state index contributed by atoms with van der Waals surface area (Å²) in [5, 5.41) is 3.18.